The lowest BCUT2D eigenvalue weighted by molar-refractivity contribution is 0.590. The average molecular weight is 309 g/mol. The number of guanidine groups is 2. The predicted molar refractivity (Wildman–Crippen MR) is 97.7 cm³/mol. The first-order valence-corrected chi connectivity index (χ1v) is 7.41. The van der Waals surface area contributed by atoms with Crippen LogP contribution in [0.4, 0.5) is 5.69 Å². The van der Waals surface area contributed by atoms with Crippen molar-refractivity contribution in [3.8, 4) is 11.1 Å². The van der Waals surface area contributed by atoms with Crippen molar-refractivity contribution in [3.63, 3.8) is 0 Å². The van der Waals surface area contributed by atoms with Crippen molar-refractivity contribution >= 4 is 17.6 Å². The number of hydrogen-bond acceptors (Lipinski definition) is 1. The van der Waals surface area contributed by atoms with Gasteiger partial charge in [0, 0.05) is 5.56 Å². The van der Waals surface area contributed by atoms with Gasteiger partial charge in [0.2, 0.25) is 5.96 Å². The van der Waals surface area contributed by atoms with Gasteiger partial charge >= 0.3 is 0 Å². The van der Waals surface area contributed by atoms with Gasteiger partial charge in [-0.25, -0.2) is 4.99 Å². The van der Waals surface area contributed by atoms with E-state index in [4.69, 9.17) is 17.2 Å². The number of nitrogens with zero attached hydrogens (tertiary/aromatic N) is 2. The minimum atomic E-state index is -0.112. The molecule has 0 radical (unpaired) electrons. The van der Waals surface area contributed by atoms with Gasteiger partial charge in [0.05, 0.1) is 5.69 Å². The summed E-state index contributed by atoms with van der Waals surface area (Å²) in [5.41, 5.74) is 20.5. The summed E-state index contributed by atoms with van der Waals surface area (Å²) in [6.07, 6.45) is 0. The lowest BCUT2D eigenvalue weighted by Gasteiger charge is -2.21. The molecular weight excluding hydrogens is 286 g/mol. The summed E-state index contributed by atoms with van der Waals surface area (Å²) in [5, 5.41) is 0. The maximum absolute atomic E-state index is 5.78. The zero-order chi connectivity index (χ0) is 17.0. The topological polar surface area (TPSA) is 103 Å². The summed E-state index contributed by atoms with van der Waals surface area (Å²) in [5.74, 6) is -0.0792. The molecule has 5 heteroatoms. The fraction of sp³-hybridized carbons (Fsp3) is 0.222. The van der Waals surface area contributed by atoms with Crippen molar-refractivity contribution in [2.45, 2.75) is 26.2 Å². The SMILES string of the molecule is CC(C)(C)c1ccc(N=C(N)N=C(N)N)c(-c2ccccc2)c1. The van der Waals surface area contributed by atoms with Crippen LogP contribution in [0.25, 0.3) is 11.1 Å². The summed E-state index contributed by atoms with van der Waals surface area (Å²) in [4.78, 5) is 8.12. The van der Waals surface area contributed by atoms with E-state index in [-0.39, 0.29) is 17.3 Å². The fourth-order valence-electron chi connectivity index (χ4n) is 2.23. The van der Waals surface area contributed by atoms with Crippen molar-refractivity contribution < 1.29 is 0 Å². The van der Waals surface area contributed by atoms with Crippen LogP contribution in [-0.2, 0) is 5.41 Å². The highest BCUT2D eigenvalue weighted by Gasteiger charge is 2.16. The molecule has 23 heavy (non-hydrogen) atoms. The van der Waals surface area contributed by atoms with Gasteiger partial charge in [-0.05, 0) is 28.7 Å². The summed E-state index contributed by atoms with van der Waals surface area (Å²) in [7, 11) is 0. The molecule has 5 nitrogen and oxygen atoms in total. The first-order chi connectivity index (χ1) is 10.8. The quantitative estimate of drug-likeness (QED) is 0.587. The highest BCUT2D eigenvalue weighted by Crippen LogP contribution is 2.34. The molecule has 0 bridgehead atoms. The minimum Gasteiger partial charge on any atom is -0.370 e. The highest BCUT2D eigenvalue weighted by atomic mass is 15.1. The van der Waals surface area contributed by atoms with Gasteiger partial charge in [-0.15, -0.1) is 0 Å². The van der Waals surface area contributed by atoms with E-state index < -0.39 is 0 Å². The molecule has 0 aliphatic carbocycles. The second-order valence-electron chi connectivity index (χ2n) is 6.35. The third kappa shape index (κ3) is 4.32. The summed E-state index contributed by atoms with van der Waals surface area (Å²) < 4.78 is 0. The third-order valence-corrected chi connectivity index (χ3v) is 3.43. The molecular formula is C18H23N5. The summed E-state index contributed by atoms with van der Waals surface area (Å²) in [6, 6.07) is 16.2. The van der Waals surface area contributed by atoms with Gasteiger partial charge < -0.3 is 17.2 Å². The van der Waals surface area contributed by atoms with E-state index in [1.54, 1.807) is 0 Å². The summed E-state index contributed by atoms with van der Waals surface area (Å²) in [6.45, 7) is 6.52. The van der Waals surface area contributed by atoms with Crippen molar-refractivity contribution in [2.24, 2.45) is 27.2 Å². The standard InChI is InChI=1S/C18H23N5/c1-18(2,3)13-9-10-15(22-17(21)23-16(19)20)14(11-13)12-7-5-4-6-8-12/h4-11H,1-3H3,(H6,19,20,21,22,23). The Morgan fingerprint density at radius 3 is 2.13 bits per heavy atom. The molecule has 0 heterocycles. The van der Waals surface area contributed by atoms with Gasteiger partial charge in [0.25, 0.3) is 0 Å². The van der Waals surface area contributed by atoms with Crippen LogP contribution in [0.15, 0.2) is 58.5 Å². The van der Waals surface area contributed by atoms with E-state index in [0.29, 0.717) is 0 Å². The molecule has 0 saturated carbocycles. The molecule has 0 spiro atoms. The molecule has 0 saturated heterocycles. The molecule has 2 aromatic carbocycles. The van der Waals surface area contributed by atoms with Gasteiger partial charge in [-0.2, -0.15) is 4.99 Å². The van der Waals surface area contributed by atoms with Crippen LogP contribution in [0, 0.1) is 0 Å². The molecule has 2 aromatic rings. The molecule has 2 rings (SSSR count). The lowest BCUT2D eigenvalue weighted by Crippen LogP contribution is -2.26. The van der Waals surface area contributed by atoms with E-state index in [1.807, 2.05) is 42.5 Å². The van der Waals surface area contributed by atoms with E-state index in [1.165, 1.54) is 5.56 Å². The molecule has 0 amide bonds. The fourth-order valence-corrected chi connectivity index (χ4v) is 2.23. The predicted octanol–water partition coefficient (Wildman–Crippen LogP) is 2.87. The smallest absolute Gasteiger partial charge is 0.223 e. The maximum atomic E-state index is 5.78. The zero-order valence-electron chi connectivity index (χ0n) is 13.7. The maximum Gasteiger partial charge on any atom is 0.223 e. The van der Waals surface area contributed by atoms with Crippen molar-refractivity contribution in [1.82, 2.24) is 0 Å². The van der Waals surface area contributed by atoms with E-state index in [0.717, 1.165) is 16.8 Å². The Hall–Kier alpha value is -2.82. The summed E-state index contributed by atoms with van der Waals surface area (Å²) >= 11 is 0. The molecule has 0 aromatic heterocycles. The third-order valence-electron chi connectivity index (χ3n) is 3.43. The van der Waals surface area contributed by atoms with E-state index in [9.17, 15) is 0 Å². The number of aliphatic imine (C=N–C) groups is 2. The van der Waals surface area contributed by atoms with Crippen LogP contribution in [0.3, 0.4) is 0 Å². The Morgan fingerprint density at radius 1 is 0.913 bits per heavy atom. The van der Waals surface area contributed by atoms with Gasteiger partial charge in [-0.1, -0.05) is 57.2 Å². The number of rotatable bonds is 2. The van der Waals surface area contributed by atoms with Crippen LogP contribution >= 0.6 is 0 Å². The highest BCUT2D eigenvalue weighted by molar-refractivity contribution is 5.94. The van der Waals surface area contributed by atoms with E-state index >= 15 is 0 Å². The Labute approximate surface area is 136 Å². The Kier molecular flexibility index (Phi) is 4.69. The van der Waals surface area contributed by atoms with Crippen LogP contribution < -0.4 is 17.2 Å². The second-order valence-corrected chi connectivity index (χ2v) is 6.35. The molecule has 0 aliphatic heterocycles. The van der Waals surface area contributed by atoms with Gasteiger partial charge in [-0.3, -0.25) is 0 Å². The average Bonchev–Trinajstić information content (AvgIpc) is 2.46. The van der Waals surface area contributed by atoms with Crippen molar-refractivity contribution in [3.05, 3.63) is 54.1 Å². The molecule has 6 N–H and O–H groups in total. The van der Waals surface area contributed by atoms with Gasteiger partial charge in [0.1, 0.15) is 0 Å². The van der Waals surface area contributed by atoms with Gasteiger partial charge in [0.15, 0.2) is 5.96 Å². The monoisotopic (exact) mass is 309 g/mol. The Morgan fingerprint density at radius 2 is 1.57 bits per heavy atom. The number of benzene rings is 2. The first kappa shape index (κ1) is 16.5. The lowest BCUT2D eigenvalue weighted by atomic mass is 9.85. The van der Waals surface area contributed by atoms with Crippen LogP contribution in [-0.4, -0.2) is 11.9 Å². The molecule has 0 fully saturated rings. The number of hydrogen-bond donors (Lipinski definition) is 3. The Balaban J connectivity index is 2.61. The largest absolute Gasteiger partial charge is 0.370 e. The molecule has 0 unspecified atom stereocenters. The molecule has 120 valence electrons. The minimum absolute atomic E-state index is 0.0330. The van der Waals surface area contributed by atoms with Crippen LogP contribution in [0.5, 0.6) is 0 Å². The first-order valence-electron chi connectivity index (χ1n) is 7.41. The molecule has 0 aliphatic rings. The van der Waals surface area contributed by atoms with Crippen LogP contribution in [0.1, 0.15) is 26.3 Å². The zero-order valence-corrected chi connectivity index (χ0v) is 13.7. The number of nitrogens with two attached hydrogens (primary N) is 3. The van der Waals surface area contributed by atoms with Crippen molar-refractivity contribution in [1.29, 1.82) is 0 Å². The second kappa shape index (κ2) is 6.52. The normalized spacial score (nSPS) is 12.0. The Bertz CT molecular complexity index is 736. The van der Waals surface area contributed by atoms with Crippen molar-refractivity contribution in [2.75, 3.05) is 0 Å². The van der Waals surface area contributed by atoms with E-state index in [2.05, 4.69) is 36.8 Å². The van der Waals surface area contributed by atoms with Crippen LogP contribution in [0.2, 0.25) is 0 Å². The molecule has 0 atom stereocenters.